The minimum Gasteiger partial charge on any atom is -0.493 e. The van der Waals surface area contributed by atoms with E-state index in [4.69, 9.17) is 9.47 Å². The van der Waals surface area contributed by atoms with Gasteiger partial charge >= 0.3 is 0 Å². The molecule has 1 amide bonds. The predicted octanol–water partition coefficient (Wildman–Crippen LogP) is 3.55. The molecule has 0 radical (unpaired) electrons. The summed E-state index contributed by atoms with van der Waals surface area (Å²) in [5.74, 6) is 1.21. The highest BCUT2D eigenvalue weighted by Crippen LogP contribution is 2.33. The van der Waals surface area contributed by atoms with Crippen molar-refractivity contribution in [1.82, 2.24) is 4.90 Å². The minimum atomic E-state index is -0.159. The van der Waals surface area contributed by atoms with Gasteiger partial charge in [0.1, 0.15) is 0 Å². The first-order valence-electron chi connectivity index (χ1n) is 8.29. The third kappa shape index (κ3) is 3.75. The summed E-state index contributed by atoms with van der Waals surface area (Å²) in [6.45, 7) is 4.49. The second-order valence-corrected chi connectivity index (χ2v) is 6.71. The third-order valence-corrected chi connectivity index (χ3v) is 5.07. The Labute approximate surface area is 146 Å². The zero-order valence-corrected chi connectivity index (χ0v) is 14.9. The van der Waals surface area contributed by atoms with Crippen LogP contribution < -0.4 is 9.47 Å². The van der Waals surface area contributed by atoms with Crippen LogP contribution in [0.15, 0.2) is 28.1 Å². The number of hydrogen-bond donors (Lipinski definition) is 0. The Morgan fingerprint density at radius 1 is 1.25 bits per heavy atom. The Morgan fingerprint density at radius 3 is 2.75 bits per heavy atom. The minimum absolute atomic E-state index is 0.159. The summed E-state index contributed by atoms with van der Waals surface area (Å²) in [6.07, 6.45) is 5.47. The van der Waals surface area contributed by atoms with Crippen molar-refractivity contribution in [3.63, 3.8) is 0 Å². The summed E-state index contributed by atoms with van der Waals surface area (Å²) in [7, 11) is 1.61. The quantitative estimate of drug-likeness (QED) is 0.781. The van der Waals surface area contributed by atoms with Crippen molar-refractivity contribution >= 4 is 28.9 Å². The Hall–Kier alpha value is -1.95. The van der Waals surface area contributed by atoms with Gasteiger partial charge in [0, 0.05) is 13.1 Å². The number of piperidine rings is 1. The van der Waals surface area contributed by atoms with E-state index in [-0.39, 0.29) is 5.91 Å². The van der Waals surface area contributed by atoms with Crippen LogP contribution in [0.25, 0.3) is 6.08 Å². The molecule has 2 aliphatic heterocycles. The third-order valence-electron chi connectivity index (χ3n) is 4.02. The number of nitrogens with zero attached hydrogens (tertiary/aromatic N) is 2. The van der Waals surface area contributed by atoms with Gasteiger partial charge in [0.15, 0.2) is 16.7 Å². The van der Waals surface area contributed by atoms with Crippen LogP contribution in [0.4, 0.5) is 0 Å². The number of thioether (sulfide) groups is 1. The fourth-order valence-corrected chi connectivity index (χ4v) is 3.78. The number of methoxy groups -OCH3 is 1. The zero-order valence-electron chi connectivity index (χ0n) is 14.1. The number of carbonyl (C=O) groups is 1. The van der Waals surface area contributed by atoms with Crippen molar-refractivity contribution < 1.29 is 14.3 Å². The highest BCUT2D eigenvalue weighted by atomic mass is 32.2. The molecule has 0 atom stereocenters. The van der Waals surface area contributed by atoms with Crippen LogP contribution in [0.3, 0.4) is 0 Å². The summed E-state index contributed by atoms with van der Waals surface area (Å²) < 4.78 is 10.9. The van der Waals surface area contributed by atoms with E-state index in [1.165, 1.54) is 31.0 Å². The second kappa shape index (κ2) is 7.75. The average Bonchev–Trinajstić information content (AvgIpc) is 2.98. The smallest absolute Gasteiger partial charge is 0.286 e. The Balaban J connectivity index is 1.76. The van der Waals surface area contributed by atoms with E-state index in [9.17, 15) is 4.79 Å². The topological polar surface area (TPSA) is 51.1 Å². The molecular weight excluding hydrogens is 324 g/mol. The maximum absolute atomic E-state index is 12.2. The van der Waals surface area contributed by atoms with Crippen LogP contribution in [-0.4, -0.2) is 42.8 Å². The first-order chi connectivity index (χ1) is 11.7. The van der Waals surface area contributed by atoms with Crippen molar-refractivity contribution in [2.75, 3.05) is 26.8 Å². The maximum atomic E-state index is 12.2. The van der Waals surface area contributed by atoms with Gasteiger partial charge in [-0.15, -0.1) is 0 Å². The molecule has 2 heterocycles. The van der Waals surface area contributed by atoms with Gasteiger partial charge in [-0.25, -0.2) is 0 Å². The number of likely N-dealkylation sites (tertiary alicyclic amines) is 1. The number of rotatable bonds is 4. The van der Waals surface area contributed by atoms with E-state index in [0.717, 1.165) is 23.8 Å². The lowest BCUT2D eigenvalue weighted by molar-refractivity contribution is -0.113. The molecule has 1 saturated heterocycles. The van der Waals surface area contributed by atoms with Crippen LogP contribution in [-0.2, 0) is 4.79 Å². The molecule has 0 spiro atoms. The first kappa shape index (κ1) is 16.9. The standard InChI is InChI=1S/C18H22N2O3S/c1-3-23-14-8-7-13(11-15(14)22-2)12-16-17(21)19-18(24-16)20-9-5-4-6-10-20/h7-8,11-12H,3-6,9-10H2,1-2H3/b16-12-. The Morgan fingerprint density at radius 2 is 2.04 bits per heavy atom. The molecule has 128 valence electrons. The molecule has 24 heavy (non-hydrogen) atoms. The predicted molar refractivity (Wildman–Crippen MR) is 97.6 cm³/mol. The molecule has 1 aromatic carbocycles. The lowest BCUT2D eigenvalue weighted by Crippen LogP contribution is -2.33. The summed E-state index contributed by atoms with van der Waals surface area (Å²) in [4.78, 5) is 19.3. The molecule has 0 N–H and O–H groups in total. The molecule has 0 saturated carbocycles. The molecule has 5 nitrogen and oxygen atoms in total. The number of benzene rings is 1. The average molecular weight is 346 g/mol. The fraction of sp³-hybridized carbons (Fsp3) is 0.444. The zero-order chi connectivity index (χ0) is 16.9. The molecule has 1 fully saturated rings. The number of hydrogen-bond acceptors (Lipinski definition) is 5. The van der Waals surface area contributed by atoms with Crippen molar-refractivity contribution in [3.8, 4) is 11.5 Å². The van der Waals surface area contributed by atoms with Crippen LogP contribution in [0, 0.1) is 0 Å². The first-order valence-corrected chi connectivity index (χ1v) is 9.11. The summed E-state index contributed by atoms with van der Waals surface area (Å²) in [5, 5.41) is 0.837. The molecule has 0 aliphatic carbocycles. The van der Waals surface area contributed by atoms with Crippen LogP contribution in [0.1, 0.15) is 31.7 Å². The maximum Gasteiger partial charge on any atom is 0.286 e. The monoisotopic (exact) mass is 346 g/mol. The molecule has 6 heteroatoms. The van der Waals surface area contributed by atoms with Crippen LogP contribution in [0.5, 0.6) is 11.5 Å². The highest BCUT2D eigenvalue weighted by Gasteiger charge is 2.26. The van der Waals surface area contributed by atoms with Gasteiger partial charge in [0.25, 0.3) is 5.91 Å². The molecular formula is C18H22N2O3S. The Bertz CT molecular complexity index is 679. The van der Waals surface area contributed by atoms with E-state index in [1.54, 1.807) is 7.11 Å². The lowest BCUT2D eigenvalue weighted by atomic mass is 10.1. The lowest BCUT2D eigenvalue weighted by Gasteiger charge is -2.27. The highest BCUT2D eigenvalue weighted by molar-refractivity contribution is 8.18. The van der Waals surface area contributed by atoms with E-state index in [0.29, 0.717) is 23.0 Å². The summed E-state index contributed by atoms with van der Waals surface area (Å²) in [6, 6.07) is 5.67. The van der Waals surface area contributed by atoms with Crippen LogP contribution in [0.2, 0.25) is 0 Å². The molecule has 2 aliphatic rings. The SMILES string of the molecule is CCOc1ccc(/C=C2\SC(N3CCCCC3)=NC2=O)cc1OC. The summed E-state index contributed by atoms with van der Waals surface area (Å²) >= 11 is 1.46. The number of amides is 1. The Kier molecular flexibility index (Phi) is 5.45. The van der Waals surface area contributed by atoms with E-state index in [1.807, 2.05) is 31.2 Å². The molecule has 0 bridgehead atoms. The molecule has 0 unspecified atom stereocenters. The van der Waals surface area contributed by atoms with Gasteiger partial charge in [0.05, 0.1) is 18.6 Å². The van der Waals surface area contributed by atoms with E-state index >= 15 is 0 Å². The van der Waals surface area contributed by atoms with Gasteiger partial charge in [-0.3, -0.25) is 4.79 Å². The number of aliphatic imine (C=N–C) groups is 1. The summed E-state index contributed by atoms with van der Waals surface area (Å²) in [5.41, 5.74) is 0.904. The normalized spacial score (nSPS) is 19.6. The van der Waals surface area contributed by atoms with E-state index < -0.39 is 0 Å². The number of carbonyl (C=O) groups excluding carboxylic acids is 1. The van der Waals surface area contributed by atoms with Gasteiger partial charge in [-0.05, 0) is 61.7 Å². The molecule has 0 aromatic heterocycles. The van der Waals surface area contributed by atoms with Crippen molar-refractivity contribution in [2.24, 2.45) is 4.99 Å². The van der Waals surface area contributed by atoms with Crippen molar-refractivity contribution in [3.05, 3.63) is 28.7 Å². The fourth-order valence-electron chi connectivity index (χ4n) is 2.82. The van der Waals surface area contributed by atoms with Crippen molar-refractivity contribution in [2.45, 2.75) is 26.2 Å². The van der Waals surface area contributed by atoms with E-state index in [2.05, 4.69) is 9.89 Å². The van der Waals surface area contributed by atoms with Gasteiger partial charge in [-0.2, -0.15) is 4.99 Å². The second-order valence-electron chi connectivity index (χ2n) is 5.70. The van der Waals surface area contributed by atoms with Gasteiger partial charge in [0.2, 0.25) is 0 Å². The van der Waals surface area contributed by atoms with Gasteiger partial charge in [-0.1, -0.05) is 6.07 Å². The molecule has 3 rings (SSSR count). The number of amidine groups is 1. The van der Waals surface area contributed by atoms with Gasteiger partial charge < -0.3 is 14.4 Å². The molecule has 1 aromatic rings. The van der Waals surface area contributed by atoms with Crippen LogP contribution >= 0.6 is 11.8 Å². The largest absolute Gasteiger partial charge is 0.493 e. The van der Waals surface area contributed by atoms with Crippen molar-refractivity contribution in [1.29, 1.82) is 0 Å². The number of ether oxygens (including phenoxy) is 2.